The van der Waals surface area contributed by atoms with E-state index in [-0.39, 0.29) is 0 Å². The second-order valence-corrected chi connectivity index (χ2v) is 5.78. The zero-order chi connectivity index (χ0) is 12.6. The van der Waals surface area contributed by atoms with Gasteiger partial charge in [-0.25, -0.2) is 0 Å². The summed E-state index contributed by atoms with van der Waals surface area (Å²) in [7, 11) is 0. The molecule has 100 valence electrons. The topological polar surface area (TPSA) is 15.3 Å². The van der Waals surface area contributed by atoms with E-state index in [1.165, 1.54) is 49.4 Å². The maximum Gasteiger partial charge on any atom is 0.0107 e. The minimum absolute atomic E-state index is 1.16. The first-order valence-corrected chi connectivity index (χ1v) is 8.17. The van der Waals surface area contributed by atoms with Crippen molar-refractivity contribution in [1.82, 2.24) is 10.2 Å². The molecule has 18 heavy (non-hydrogen) atoms. The number of nitrogens with zero attached hydrogens (tertiary/aromatic N) is 1. The van der Waals surface area contributed by atoms with Crippen molar-refractivity contribution < 1.29 is 0 Å². The Balaban J connectivity index is 1.62. The van der Waals surface area contributed by atoms with Gasteiger partial charge in [0, 0.05) is 31.1 Å². The van der Waals surface area contributed by atoms with Crippen LogP contribution < -0.4 is 5.32 Å². The maximum atomic E-state index is 3.40. The van der Waals surface area contributed by atoms with E-state index >= 15 is 0 Å². The lowest BCUT2D eigenvalue weighted by atomic mass is 10.1. The Bertz CT molecular complexity index is 331. The lowest BCUT2D eigenvalue weighted by Gasteiger charge is -2.27. The molecular weight excluding hydrogens is 240 g/mol. The second-order valence-electron chi connectivity index (χ2n) is 4.90. The van der Waals surface area contributed by atoms with Gasteiger partial charge in [-0.05, 0) is 49.8 Å². The van der Waals surface area contributed by atoms with E-state index in [0.29, 0.717) is 0 Å². The van der Waals surface area contributed by atoms with Crippen LogP contribution >= 0.6 is 11.8 Å². The maximum absolute atomic E-state index is 3.40. The van der Waals surface area contributed by atoms with E-state index in [4.69, 9.17) is 0 Å². The van der Waals surface area contributed by atoms with Crippen molar-refractivity contribution in [2.75, 3.05) is 39.0 Å². The smallest absolute Gasteiger partial charge is 0.0107 e. The first-order valence-electron chi connectivity index (χ1n) is 6.94. The zero-order valence-electron chi connectivity index (χ0n) is 11.3. The van der Waals surface area contributed by atoms with Gasteiger partial charge in [-0.1, -0.05) is 12.1 Å². The molecule has 0 aliphatic carbocycles. The minimum Gasteiger partial charge on any atom is -0.314 e. The molecule has 1 N–H and O–H groups in total. The molecule has 2 rings (SSSR count). The average Bonchev–Trinajstić information content (AvgIpc) is 2.45. The zero-order valence-corrected chi connectivity index (χ0v) is 12.1. The molecular formula is C15H24N2S. The number of unbranched alkanes of at least 4 members (excludes halogenated alkanes) is 1. The normalized spacial score (nSPS) is 16.9. The highest BCUT2D eigenvalue weighted by Gasteiger charge is 2.08. The van der Waals surface area contributed by atoms with Crippen LogP contribution in [0.4, 0.5) is 0 Å². The van der Waals surface area contributed by atoms with E-state index in [2.05, 4.69) is 40.7 Å². The van der Waals surface area contributed by atoms with Crippen molar-refractivity contribution in [2.24, 2.45) is 0 Å². The van der Waals surface area contributed by atoms with Gasteiger partial charge in [-0.15, -0.1) is 11.8 Å². The van der Waals surface area contributed by atoms with Crippen LogP contribution in [0.15, 0.2) is 29.2 Å². The van der Waals surface area contributed by atoms with Gasteiger partial charge in [0.25, 0.3) is 0 Å². The number of piperazine rings is 1. The Hall–Kier alpha value is -0.510. The van der Waals surface area contributed by atoms with Crippen molar-refractivity contribution in [3.05, 3.63) is 29.8 Å². The molecule has 0 unspecified atom stereocenters. The van der Waals surface area contributed by atoms with Crippen molar-refractivity contribution in [2.45, 2.75) is 24.2 Å². The molecule has 1 saturated heterocycles. The van der Waals surface area contributed by atoms with Crippen LogP contribution in [-0.2, 0) is 6.42 Å². The molecule has 1 aliphatic heterocycles. The van der Waals surface area contributed by atoms with Crippen LogP contribution in [0.25, 0.3) is 0 Å². The Labute approximate surface area is 115 Å². The van der Waals surface area contributed by atoms with Crippen molar-refractivity contribution in [3.63, 3.8) is 0 Å². The summed E-state index contributed by atoms with van der Waals surface area (Å²) in [6.45, 7) is 6.04. The molecule has 0 aromatic heterocycles. The molecule has 0 bridgehead atoms. The molecule has 3 heteroatoms. The van der Waals surface area contributed by atoms with E-state index in [1.54, 1.807) is 0 Å². The Morgan fingerprint density at radius 2 is 1.83 bits per heavy atom. The molecule has 0 amide bonds. The van der Waals surface area contributed by atoms with Crippen LogP contribution in [0, 0.1) is 0 Å². The number of nitrogens with one attached hydrogen (secondary N) is 1. The van der Waals surface area contributed by atoms with Gasteiger partial charge in [-0.3, -0.25) is 0 Å². The minimum atomic E-state index is 1.16. The third kappa shape index (κ3) is 4.63. The van der Waals surface area contributed by atoms with Gasteiger partial charge >= 0.3 is 0 Å². The summed E-state index contributed by atoms with van der Waals surface area (Å²) in [5.41, 5.74) is 1.48. The number of rotatable bonds is 6. The number of hydrogen-bond donors (Lipinski definition) is 1. The number of thioether (sulfide) groups is 1. The summed E-state index contributed by atoms with van der Waals surface area (Å²) in [5.74, 6) is 0. The van der Waals surface area contributed by atoms with Crippen LogP contribution in [0.1, 0.15) is 18.4 Å². The molecule has 2 nitrogen and oxygen atoms in total. The first-order chi connectivity index (χ1) is 8.88. The Morgan fingerprint density at radius 3 is 2.50 bits per heavy atom. The van der Waals surface area contributed by atoms with Gasteiger partial charge in [-0.2, -0.15) is 0 Å². The molecule has 0 radical (unpaired) electrons. The monoisotopic (exact) mass is 264 g/mol. The Morgan fingerprint density at radius 1 is 1.11 bits per heavy atom. The third-order valence-electron chi connectivity index (χ3n) is 3.56. The highest BCUT2D eigenvalue weighted by Crippen LogP contribution is 2.16. The van der Waals surface area contributed by atoms with Crippen molar-refractivity contribution in [1.29, 1.82) is 0 Å². The fraction of sp³-hybridized carbons (Fsp3) is 0.600. The van der Waals surface area contributed by atoms with Crippen molar-refractivity contribution in [3.8, 4) is 0 Å². The number of aryl methyl sites for hydroxylation is 1. The second kappa shape index (κ2) is 7.82. The molecule has 0 atom stereocenters. The number of benzene rings is 1. The molecule has 0 saturated carbocycles. The highest BCUT2D eigenvalue weighted by molar-refractivity contribution is 7.98. The summed E-state index contributed by atoms with van der Waals surface area (Å²) >= 11 is 1.81. The van der Waals surface area contributed by atoms with Crippen LogP contribution in [-0.4, -0.2) is 43.9 Å². The quantitative estimate of drug-likeness (QED) is 0.628. The molecule has 1 aliphatic rings. The van der Waals surface area contributed by atoms with Gasteiger partial charge in [0.1, 0.15) is 0 Å². The van der Waals surface area contributed by atoms with Gasteiger partial charge in [0.2, 0.25) is 0 Å². The van der Waals surface area contributed by atoms with Crippen LogP contribution in [0.5, 0.6) is 0 Å². The molecule has 1 aromatic rings. The van der Waals surface area contributed by atoms with Gasteiger partial charge in [0.05, 0.1) is 0 Å². The molecule has 0 spiro atoms. The Kier molecular flexibility index (Phi) is 6.05. The van der Waals surface area contributed by atoms with Crippen LogP contribution in [0.3, 0.4) is 0 Å². The predicted octanol–water partition coefficient (Wildman–Crippen LogP) is 2.64. The lowest BCUT2D eigenvalue weighted by molar-refractivity contribution is 0.237. The van der Waals surface area contributed by atoms with Gasteiger partial charge in [0.15, 0.2) is 0 Å². The fourth-order valence-electron chi connectivity index (χ4n) is 2.39. The van der Waals surface area contributed by atoms with E-state index < -0.39 is 0 Å². The fourth-order valence-corrected chi connectivity index (χ4v) is 2.80. The molecule has 1 fully saturated rings. The van der Waals surface area contributed by atoms with Gasteiger partial charge < -0.3 is 10.2 Å². The summed E-state index contributed by atoms with van der Waals surface area (Å²) in [4.78, 5) is 3.94. The largest absolute Gasteiger partial charge is 0.314 e. The lowest BCUT2D eigenvalue weighted by Crippen LogP contribution is -2.43. The first kappa shape index (κ1) is 13.9. The standard InChI is InChI=1S/C15H24N2S/c1-18-15-7-5-14(6-8-15)4-2-3-11-17-12-9-16-10-13-17/h5-8,16H,2-4,9-13H2,1H3. The average molecular weight is 264 g/mol. The summed E-state index contributed by atoms with van der Waals surface area (Å²) in [5, 5.41) is 3.40. The SMILES string of the molecule is CSc1ccc(CCCCN2CCNCC2)cc1. The predicted molar refractivity (Wildman–Crippen MR) is 80.5 cm³/mol. The highest BCUT2D eigenvalue weighted by atomic mass is 32.2. The molecule has 1 aromatic carbocycles. The summed E-state index contributed by atoms with van der Waals surface area (Å²) in [6.07, 6.45) is 5.98. The number of hydrogen-bond acceptors (Lipinski definition) is 3. The van der Waals surface area contributed by atoms with E-state index in [9.17, 15) is 0 Å². The summed E-state index contributed by atoms with van der Waals surface area (Å²) < 4.78 is 0. The molecule has 1 heterocycles. The van der Waals surface area contributed by atoms with E-state index in [1.807, 2.05) is 11.8 Å². The van der Waals surface area contributed by atoms with Crippen LogP contribution in [0.2, 0.25) is 0 Å². The third-order valence-corrected chi connectivity index (χ3v) is 4.30. The van der Waals surface area contributed by atoms with Crippen molar-refractivity contribution >= 4 is 11.8 Å². The summed E-state index contributed by atoms with van der Waals surface area (Å²) in [6, 6.07) is 9.01. The van der Waals surface area contributed by atoms with E-state index in [0.717, 1.165) is 13.1 Å².